The van der Waals surface area contributed by atoms with Gasteiger partial charge in [0, 0.05) is 5.69 Å². The van der Waals surface area contributed by atoms with E-state index in [2.05, 4.69) is 20.3 Å². The molecule has 1 aromatic heterocycles. The standard InChI is InChI=1S/C16H20N6O4/c1-16(2,3)26-15(24)19-10-6-4-9(5-7-10)12(23)25-8-11-20-13(17)22-14(18)21-11/h4-7H,8H2,1-3H3,(H,19,24)(H4,17,18,20,21,22). The molecule has 0 aliphatic heterocycles. The number of rotatable bonds is 4. The van der Waals surface area contributed by atoms with E-state index in [1.54, 1.807) is 32.9 Å². The number of benzene rings is 1. The molecule has 1 heterocycles. The number of nitrogens with two attached hydrogens (primary N) is 2. The van der Waals surface area contributed by atoms with Crippen LogP contribution in [-0.2, 0) is 16.1 Å². The monoisotopic (exact) mass is 360 g/mol. The number of hydrogen-bond donors (Lipinski definition) is 3. The van der Waals surface area contributed by atoms with Crippen molar-refractivity contribution >= 4 is 29.6 Å². The van der Waals surface area contributed by atoms with E-state index in [0.29, 0.717) is 5.69 Å². The number of aromatic nitrogens is 3. The van der Waals surface area contributed by atoms with Gasteiger partial charge < -0.3 is 20.9 Å². The summed E-state index contributed by atoms with van der Waals surface area (Å²) in [7, 11) is 0. The summed E-state index contributed by atoms with van der Waals surface area (Å²) < 4.78 is 10.2. The van der Waals surface area contributed by atoms with Gasteiger partial charge in [-0.15, -0.1) is 0 Å². The number of nitrogens with one attached hydrogen (secondary N) is 1. The van der Waals surface area contributed by atoms with Crippen LogP contribution in [0.1, 0.15) is 37.0 Å². The van der Waals surface area contributed by atoms with E-state index in [1.165, 1.54) is 12.1 Å². The summed E-state index contributed by atoms with van der Waals surface area (Å²) in [6, 6.07) is 6.12. The molecule has 10 heteroatoms. The fourth-order valence-electron chi connectivity index (χ4n) is 1.85. The van der Waals surface area contributed by atoms with E-state index in [9.17, 15) is 9.59 Å². The molecule has 0 saturated carbocycles. The Morgan fingerprint density at radius 3 is 2.15 bits per heavy atom. The average molecular weight is 360 g/mol. The molecule has 0 fully saturated rings. The maximum Gasteiger partial charge on any atom is 0.412 e. The molecule has 1 amide bonds. The first-order valence-corrected chi connectivity index (χ1v) is 7.65. The number of anilines is 3. The molecule has 2 aromatic rings. The Balaban J connectivity index is 1.92. The number of esters is 1. The Kier molecular flexibility index (Phi) is 5.55. The Morgan fingerprint density at radius 1 is 1.04 bits per heavy atom. The second-order valence-electron chi connectivity index (χ2n) is 6.25. The summed E-state index contributed by atoms with van der Waals surface area (Å²) in [5.74, 6) is -0.555. The highest BCUT2D eigenvalue weighted by Crippen LogP contribution is 2.14. The predicted molar refractivity (Wildman–Crippen MR) is 94.1 cm³/mol. The molecule has 1 aromatic carbocycles. The van der Waals surface area contributed by atoms with Crippen LogP contribution in [0.25, 0.3) is 0 Å². The van der Waals surface area contributed by atoms with E-state index in [1.807, 2.05) is 0 Å². The van der Waals surface area contributed by atoms with Crippen LogP contribution < -0.4 is 16.8 Å². The van der Waals surface area contributed by atoms with Crippen LogP contribution in [0.5, 0.6) is 0 Å². The van der Waals surface area contributed by atoms with Gasteiger partial charge in [0.15, 0.2) is 12.4 Å². The SMILES string of the molecule is CC(C)(C)OC(=O)Nc1ccc(C(=O)OCc2nc(N)nc(N)n2)cc1. The highest BCUT2D eigenvalue weighted by atomic mass is 16.6. The summed E-state index contributed by atoms with van der Waals surface area (Å²) in [6.45, 7) is 5.09. The van der Waals surface area contributed by atoms with Gasteiger partial charge in [-0.2, -0.15) is 15.0 Å². The van der Waals surface area contributed by atoms with Crippen molar-refractivity contribution in [3.05, 3.63) is 35.7 Å². The topological polar surface area (TPSA) is 155 Å². The summed E-state index contributed by atoms with van der Waals surface area (Å²) in [5.41, 5.74) is 11.1. The molecule has 0 unspecified atom stereocenters. The average Bonchev–Trinajstić information content (AvgIpc) is 2.50. The van der Waals surface area contributed by atoms with Crippen LogP contribution >= 0.6 is 0 Å². The summed E-state index contributed by atoms with van der Waals surface area (Å²) >= 11 is 0. The fraction of sp³-hybridized carbons (Fsp3) is 0.312. The van der Waals surface area contributed by atoms with Gasteiger partial charge in [0.1, 0.15) is 5.60 Å². The molecule has 26 heavy (non-hydrogen) atoms. The number of carbonyl (C=O) groups is 2. The number of nitrogens with zero attached hydrogens (tertiary/aromatic N) is 3. The molecular formula is C16H20N6O4. The summed E-state index contributed by atoms with van der Waals surface area (Å²) in [6.07, 6.45) is -0.585. The van der Waals surface area contributed by atoms with Crippen LogP contribution in [0, 0.1) is 0 Å². The Labute approximate surface area is 149 Å². The van der Waals surface area contributed by atoms with Gasteiger partial charge in [0.25, 0.3) is 0 Å². The van der Waals surface area contributed by atoms with E-state index < -0.39 is 17.7 Å². The third-order valence-electron chi connectivity index (χ3n) is 2.81. The lowest BCUT2D eigenvalue weighted by Crippen LogP contribution is -2.27. The van der Waals surface area contributed by atoms with Crippen molar-refractivity contribution in [1.29, 1.82) is 0 Å². The molecule has 138 valence electrons. The first-order valence-electron chi connectivity index (χ1n) is 7.65. The first-order chi connectivity index (χ1) is 12.1. The highest BCUT2D eigenvalue weighted by Gasteiger charge is 2.16. The minimum absolute atomic E-state index is 0.0545. The number of hydrogen-bond acceptors (Lipinski definition) is 9. The van der Waals surface area contributed by atoms with Crippen molar-refractivity contribution < 1.29 is 19.1 Å². The minimum atomic E-state index is -0.602. The van der Waals surface area contributed by atoms with Gasteiger partial charge in [-0.25, -0.2) is 9.59 Å². The van der Waals surface area contributed by atoms with E-state index in [0.717, 1.165) is 0 Å². The highest BCUT2D eigenvalue weighted by molar-refractivity contribution is 5.91. The quantitative estimate of drug-likeness (QED) is 0.691. The molecule has 5 N–H and O–H groups in total. The molecular weight excluding hydrogens is 340 g/mol. The molecule has 0 atom stereocenters. The predicted octanol–water partition coefficient (Wildman–Crippen LogP) is 1.74. The van der Waals surface area contributed by atoms with Crippen molar-refractivity contribution in [3.8, 4) is 0 Å². The zero-order chi connectivity index (χ0) is 19.3. The molecule has 0 bridgehead atoms. The third kappa shape index (κ3) is 5.89. The van der Waals surface area contributed by atoms with Crippen molar-refractivity contribution in [3.63, 3.8) is 0 Å². The van der Waals surface area contributed by atoms with Crippen LogP contribution in [0.4, 0.5) is 22.4 Å². The second kappa shape index (κ2) is 7.64. The second-order valence-corrected chi connectivity index (χ2v) is 6.25. The van der Waals surface area contributed by atoms with Crippen LogP contribution in [0.2, 0.25) is 0 Å². The number of nitrogen functional groups attached to an aromatic ring is 2. The number of ether oxygens (including phenoxy) is 2. The molecule has 0 spiro atoms. The van der Waals surface area contributed by atoms with E-state index in [4.69, 9.17) is 20.9 Å². The van der Waals surface area contributed by atoms with E-state index in [-0.39, 0.29) is 29.9 Å². The van der Waals surface area contributed by atoms with Gasteiger partial charge in [-0.1, -0.05) is 0 Å². The largest absolute Gasteiger partial charge is 0.454 e. The molecule has 2 rings (SSSR count). The van der Waals surface area contributed by atoms with Crippen LogP contribution in [0.15, 0.2) is 24.3 Å². The van der Waals surface area contributed by atoms with Crippen molar-refractivity contribution in [2.45, 2.75) is 33.0 Å². The lowest BCUT2D eigenvalue weighted by Gasteiger charge is -2.19. The first kappa shape index (κ1) is 18.9. The lowest BCUT2D eigenvalue weighted by molar-refractivity contribution is 0.0462. The van der Waals surface area contributed by atoms with Crippen molar-refractivity contribution in [2.24, 2.45) is 0 Å². The van der Waals surface area contributed by atoms with Gasteiger partial charge in [-0.3, -0.25) is 5.32 Å². The minimum Gasteiger partial charge on any atom is -0.454 e. The zero-order valence-electron chi connectivity index (χ0n) is 14.6. The maximum atomic E-state index is 12.0. The fourth-order valence-corrected chi connectivity index (χ4v) is 1.85. The van der Waals surface area contributed by atoms with Crippen molar-refractivity contribution in [1.82, 2.24) is 15.0 Å². The van der Waals surface area contributed by atoms with Gasteiger partial charge in [-0.05, 0) is 45.0 Å². The normalized spacial score (nSPS) is 10.9. The molecule has 0 radical (unpaired) electrons. The Hall–Kier alpha value is -3.43. The van der Waals surface area contributed by atoms with Gasteiger partial charge in [0.2, 0.25) is 11.9 Å². The molecule has 0 aliphatic rings. The van der Waals surface area contributed by atoms with Crippen LogP contribution in [0.3, 0.4) is 0 Å². The lowest BCUT2D eigenvalue weighted by atomic mass is 10.2. The maximum absolute atomic E-state index is 12.0. The summed E-state index contributed by atoms with van der Waals surface area (Å²) in [4.78, 5) is 35.0. The molecule has 10 nitrogen and oxygen atoms in total. The number of carbonyl (C=O) groups excluding carboxylic acids is 2. The number of amides is 1. The molecule has 0 aliphatic carbocycles. The van der Waals surface area contributed by atoms with E-state index >= 15 is 0 Å². The van der Waals surface area contributed by atoms with Gasteiger partial charge in [0.05, 0.1) is 5.56 Å². The Bertz CT molecular complexity index is 781. The van der Waals surface area contributed by atoms with Gasteiger partial charge >= 0.3 is 12.1 Å². The zero-order valence-corrected chi connectivity index (χ0v) is 14.6. The summed E-state index contributed by atoms with van der Waals surface area (Å²) in [5, 5.41) is 2.57. The smallest absolute Gasteiger partial charge is 0.412 e. The third-order valence-corrected chi connectivity index (χ3v) is 2.81. The Morgan fingerprint density at radius 2 is 1.62 bits per heavy atom. The van der Waals surface area contributed by atoms with Crippen LogP contribution in [-0.4, -0.2) is 32.6 Å². The van der Waals surface area contributed by atoms with Crippen molar-refractivity contribution in [2.75, 3.05) is 16.8 Å². The molecule has 0 saturated heterocycles.